The van der Waals surface area contributed by atoms with Gasteiger partial charge in [0, 0.05) is 32.2 Å². The summed E-state index contributed by atoms with van der Waals surface area (Å²) in [5.41, 5.74) is 7.98. The monoisotopic (exact) mass is 287 g/mol. The summed E-state index contributed by atoms with van der Waals surface area (Å²) in [5, 5.41) is 0. The van der Waals surface area contributed by atoms with Gasteiger partial charge in [0.2, 0.25) is 0 Å². The number of aromatic nitrogens is 3. The fourth-order valence-corrected chi connectivity index (χ4v) is 2.34. The van der Waals surface area contributed by atoms with Gasteiger partial charge >= 0.3 is 0 Å². The van der Waals surface area contributed by atoms with Crippen LogP contribution in [-0.2, 0) is 20.1 Å². The molecule has 0 unspecified atom stereocenters. The fraction of sp³-hybridized carbons (Fsp3) is 0.500. The Morgan fingerprint density at radius 3 is 2.71 bits per heavy atom. The Bertz CT molecular complexity index is 549. The van der Waals surface area contributed by atoms with Crippen LogP contribution in [0.25, 0.3) is 0 Å². The minimum atomic E-state index is 0.749. The highest BCUT2D eigenvalue weighted by molar-refractivity contribution is 5.17. The second-order valence-corrected chi connectivity index (χ2v) is 5.43. The molecule has 0 aliphatic carbocycles. The first-order chi connectivity index (χ1) is 10.2. The highest BCUT2D eigenvalue weighted by atomic mass is 15.2. The van der Waals surface area contributed by atoms with Crippen molar-refractivity contribution in [3.63, 3.8) is 0 Å². The molecule has 2 rings (SSSR count). The lowest BCUT2D eigenvalue weighted by Crippen LogP contribution is -2.26. The number of pyridine rings is 1. The van der Waals surface area contributed by atoms with Crippen LogP contribution in [0.3, 0.4) is 0 Å². The average molecular weight is 287 g/mol. The lowest BCUT2D eigenvalue weighted by Gasteiger charge is -2.22. The second kappa shape index (κ2) is 7.90. The van der Waals surface area contributed by atoms with Crippen molar-refractivity contribution in [2.45, 2.75) is 32.9 Å². The standard InChI is InChI=1S/C16H25N5/c1-14-6-5-8-18-15(14)12-21(10-4-3-7-17)13-16-19-9-11-20(16)2/h5-6,8-9,11H,3-4,7,10,12-13,17H2,1-2H3. The van der Waals surface area contributed by atoms with Crippen LogP contribution in [0.4, 0.5) is 0 Å². The SMILES string of the molecule is Cc1cccnc1CN(CCCCN)Cc1nccn1C. The Morgan fingerprint density at radius 2 is 2.05 bits per heavy atom. The minimum absolute atomic E-state index is 0.749. The molecule has 0 aliphatic heterocycles. The molecule has 114 valence electrons. The summed E-state index contributed by atoms with van der Waals surface area (Å²) in [7, 11) is 2.03. The van der Waals surface area contributed by atoms with Gasteiger partial charge in [-0.15, -0.1) is 0 Å². The average Bonchev–Trinajstić information content (AvgIpc) is 2.87. The summed E-state index contributed by atoms with van der Waals surface area (Å²) in [6.07, 6.45) is 7.85. The molecule has 2 aromatic heterocycles. The zero-order valence-electron chi connectivity index (χ0n) is 13.0. The summed E-state index contributed by atoms with van der Waals surface area (Å²) in [6, 6.07) is 4.09. The van der Waals surface area contributed by atoms with E-state index in [0.29, 0.717) is 0 Å². The Labute approximate surface area is 126 Å². The van der Waals surface area contributed by atoms with Crippen LogP contribution in [0, 0.1) is 6.92 Å². The van der Waals surface area contributed by atoms with E-state index in [9.17, 15) is 0 Å². The van der Waals surface area contributed by atoms with E-state index >= 15 is 0 Å². The number of unbranched alkanes of at least 4 members (excludes halogenated alkanes) is 1. The van der Waals surface area contributed by atoms with Crippen molar-refractivity contribution in [3.05, 3.63) is 47.8 Å². The number of rotatable bonds is 8. The predicted octanol–water partition coefficient (Wildman–Crippen LogP) is 1.86. The highest BCUT2D eigenvalue weighted by Crippen LogP contribution is 2.11. The topological polar surface area (TPSA) is 60.0 Å². The molecule has 2 heterocycles. The molecule has 0 spiro atoms. The van der Waals surface area contributed by atoms with Gasteiger partial charge in [-0.3, -0.25) is 9.88 Å². The van der Waals surface area contributed by atoms with Gasteiger partial charge in [0.25, 0.3) is 0 Å². The minimum Gasteiger partial charge on any atom is -0.337 e. The summed E-state index contributed by atoms with van der Waals surface area (Å²) in [6.45, 7) is 5.56. The molecule has 0 atom stereocenters. The number of imidazole rings is 1. The van der Waals surface area contributed by atoms with Crippen LogP contribution in [0.5, 0.6) is 0 Å². The van der Waals surface area contributed by atoms with Crippen LogP contribution in [0.2, 0.25) is 0 Å². The van der Waals surface area contributed by atoms with Gasteiger partial charge in [-0.25, -0.2) is 4.98 Å². The maximum Gasteiger partial charge on any atom is 0.122 e. The molecule has 0 aromatic carbocycles. The lowest BCUT2D eigenvalue weighted by molar-refractivity contribution is 0.240. The molecule has 21 heavy (non-hydrogen) atoms. The van der Waals surface area contributed by atoms with E-state index in [-0.39, 0.29) is 0 Å². The van der Waals surface area contributed by atoms with Crippen LogP contribution >= 0.6 is 0 Å². The predicted molar refractivity (Wildman–Crippen MR) is 84.6 cm³/mol. The number of nitrogens with two attached hydrogens (primary N) is 1. The van der Waals surface area contributed by atoms with Crippen molar-refractivity contribution in [2.75, 3.05) is 13.1 Å². The Morgan fingerprint density at radius 1 is 1.19 bits per heavy atom. The molecular formula is C16H25N5. The smallest absolute Gasteiger partial charge is 0.122 e. The quantitative estimate of drug-likeness (QED) is 0.753. The van der Waals surface area contributed by atoms with Crippen molar-refractivity contribution < 1.29 is 0 Å². The normalized spacial score (nSPS) is 11.2. The molecule has 0 saturated heterocycles. The number of hydrogen-bond acceptors (Lipinski definition) is 4. The molecule has 0 radical (unpaired) electrons. The zero-order chi connectivity index (χ0) is 15.1. The molecule has 5 nitrogen and oxygen atoms in total. The summed E-state index contributed by atoms with van der Waals surface area (Å²) >= 11 is 0. The van der Waals surface area contributed by atoms with Gasteiger partial charge in [0.15, 0.2) is 0 Å². The van der Waals surface area contributed by atoms with Crippen molar-refractivity contribution in [3.8, 4) is 0 Å². The molecular weight excluding hydrogens is 262 g/mol. The summed E-state index contributed by atoms with van der Waals surface area (Å²) in [5.74, 6) is 1.08. The summed E-state index contributed by atoms with van der Waals surface area (Å²) in [4.78, 5) is 11.3. The van der Waals surface area contributed by atoms with E-state index in [1.807, 2.05) is 31.7 Å². The third-order valence-corrected chi connectivity index (χ3v) is 3.71. The lowest BCUT2D eigenvalue weighted by atomic mass is 10.2. The molecule has 0 bridgehead atoms. The maximum absolute atomic E-state index is 5.60. The van der Waals surface area contributed by atoms with Gasteiger partial charge in [-0.1, -0.05) is 6.07 Å². The molecule has 0 amide bonds. The van der Waals surface area contributed by atoms with Crippen molar-refractivity contribution in [2.24, 2.45) is 12.8 Å². The Kier molecular flexibility index (Phi) is 5.90. The third kappa shape index (κ3) is 4.65. The van der Waals surface area contributed by atoms with E-state index in [0.717, 1.165) is 50.5 Å². The number of nitrogens with zero attached hydrogens (tertiary/aromatic N) is 4. The molecule has 0 fully saturated rings. The van der Waals surface area contributed by atoms with Crippen molar-refractivity contribution >= 4 is 0 Å². The zero-order valence-corrected chi connectivity index (χ0v) is 13.0. The third-order valence-electron chi connectivity index (χ3n) is 3.71. The fourth-order valence-electron chi connectivity index (χ4n) is 2.34. The van der Waals surface area contributed by atoms with Crippen LogP contribution in [0.15, 0.2) is 30.7 Å². The van der Waals surface area contributed by atoms with Gasteiger partial charge < -0.3 is 10.3 Å². The van der Waals surface area contributed by atoms with Crippen LogP contribution < -0.4 is 5.73 Å². The molecule has 0 saturated carbocycles. The summed E-state index contributed by atoms with van der Waals surface area (Å²) < 4.78 is 2.07. The Hall–Kier alpha value is -1.72. The van der Waals surface area contributed by atoms with E-state index in [1.165, 1.54) is 5.56 Å². The molecule has 2 N–H and O–H groups in total. The molecule has 0 aliphatic rings. The van der Waals surface area contributed by atoms with E-state index in [4.69, 9.17) is 5.73 Å². The van der Waals surface area contributed by atoms with Gasteiger partial charge in [-0.2, -0.15) is 0 Å². The second-order valence-electron chi connectivity index (χ2n) is 5.43. The van der Waals surface area contributed by atoms with Crippen LogP contribution in [0.1, 0.15) is 29.9 Å². The van der Waals surface area contributed by atoms with E-state index < -0.39 is 0 Å². The maximum atomic E-state index is 5.60. The van der Waals surface area contributed by atoms with Gasteiger partial charge in [0.1, 0.15) is 5.82 Å². The van der Waals surface area contributed by atoms with E-state index in [1.54, 1.807) is 0 Å². The van der Waals surface area contributed by atoms with Crippen LogP contribution in [-0.4, -0.2) is 32.5 Å². The number of hydrogen-bond donors (Lipinski definition) is 1. The molecule has 5 heteroatoms. The van der Waals surface area contributed by atoms with Gasteiger partial charge in [0.05, 0.1) is 12.2 Å². The van der Waals surface area contributed by atoms with Gasteiger partial charge in [-0.05, 0) is 44.5 Å². The Balaban J connectivity index is 2.04. The largest absolute Gasteiger partial charge is 0.337 e. The first kappa shape index (κ1) is 15.7. The van der Waals surface area contributed by atoms with Crippen molar-refractivity contribution in [1.29, 1.82) is 0 Å². The first-order valence-electron chi connectivity index (χ1n) is 7.50. The molecule has 2 aromatic rings. The van der Waals surface area contributed by atoms with Crippen molar-refractivity contribution in [1.82, 2.24) is 19.4 Å². The highest BCUT2D eigenvalue weighted by Gasteiger charge is 2.11. The number of aryl methyl sites for hydroxylation is 2. The first-order valence-corrected chi connectivity index (χ1v) is 7.50. The van der Waals surface area contributed by atoms with E-state index in [2.05, 4.69) is 32.4 Å².